The topological polar surface area (TPSA) is 38.3 Å². The largest absolute Gasteiger partial charge is 0.497 e. The van der Waals surface area contributed by atoms with Crippen LogP contribution in [0.15, 0.2) is 24.3 Å². The van der Waals surface area contributed by atoms with E-state index in [0.29, 0.717) is 11.3 Å². The predicted molar refractivity (Wildman–Crippen MR) is 73.0 cm³/mol. The lowest BCUT2D eigenvalue weighted by Gasteiger charge is -2.27. The van der Waals surface area contributed by atoms with E-state index in [1.165, 1.54) is 0 Å². The molecule has 17 heavy (non-hydrogen) atoms. The van der Waals surface area contributed by atoms with Gasteiger partial charge < -0.3 is 10.1 Å². The molecule has 0 aliphatic carbocycles. The molecule has 94 valence electrons. The van der Waals surface area contributed by atoms with Gasteiger partial charge in [0.1, 0.15) is 5.75 Å². The van der Waals surface area contributed by atoms with Gasteiger partial charge in [0.05, 0.1) is 7.11 Å². The maximum atomic E-state index is 12.1. The van der Waals surface area contributed by atoms with Gasteiger partial charge in [-0.3, -0.25) is 4.79 Å². The number of ether oxygens (including phenoxy) is 1. The number of carbonyl (C=O) groups is 1. The van der Waals surface area contributed by atoms with Crippen LogP contribution in [0.2, 0.25) is 0 Å². The molecule has 0 aromatic heterocycles. The third-order valence-electron chi connectivity index (χ3n) is 2.82. The van der Waals surface area contributed by atoms with E-state index in [1.807, 2.05) is 26.0 Å². The number of methoxy groups -OCH3 is 1. The third-order valence-corrected chi connectivity index (χ3v) is 4.06. The Morgan fingerprint density at radius 2 is 2.24 bits per heavy atom. The lowest BCUT2D eigenvalue weighted by molar-refractivity contribution is 0.0913. The summed E-state index contributed by atoms with van der Waals surface area (Å²) in [5, 5.41) is 3.75. The van der Waals surface area contributed by atoms with E-state index >= 15 is 0 Å². The monoisotopic (exact) mass is 299 g/mol. The Labute approximate surface area is 111 Å². The van der Waals surface area contributed by atoms with E-state index in [4.69, 9.17) is 4.74 Å². The summed E-state index contributed by atoms with van der Waals surface area (Å²) in [4.78, 5) is 12.1. The van der Waals surface area contributed by atoms with Crippen LogP contribution >= 0.6 is 15.9 Å². The van der Waals surface area contributed by atoms with Crippen LogP contribution in [0, 0.1) is 0 Å². The second kappa shape index (κ2) is 6.05. The first-order valence-corrected chi connectivity index (χ1v) is 6.69. The van der Waals surface area contributed by atoms with Crippen molar-refractivity contribution in [2.24, 2.45) is 0 Å². The number of hydrogen-bond acceptors (Lipinski definition) is 2. The summed E-state index contributed by atoms with van der Waals surface area (Å²) in [5.74, 6) is 0.613. The molecule has 0 spiro atoms. The van der Waals surface area contributed by atoms with Crippen molar-refractivity contribution in [1.29, 1.82) is 0 Å². The Morgan fingerprint density at radius 1 is 1.53 bits per heavy atom. The highest BCUT2D eigenvalue weighted by molar-refractivity contribution is 9.09. The zero-order valence-electron chi connectivity index (χ0n) is 10.4. The van der Waals surface area contributed by atoms with Crippen LogP contribution in [0.25, 0.3) is 0 Å². The number of halogens is 1. The number of benzene rings is 1. The Balaban J connectivity index is 2.82. The Morgan fingerprint density at radius 3 is 2.76 bits per heavy atom. The summed E-state index contributed by atoms with van der Waals surface area (Å²) < 4.78 is 5.10. The van der Waals surface area contributed by atoms with Crippen LogP contribution in [0.3, 0.4) is 0 Å². The first-order valence-electron chi connectivity index (χ1n) is 5.57. The molecule has 1 unspecified atom stereocenters. The highest BCUT2D eigenvalue weighted by Crippen LogP contribution is 2.16. The zero-order chi connectivity index (χ0) is 12.9. The second-order valence-electron chi connectivity index (χ2n) is 4.23. The fourth-order valence-corrected chi connectivity index (χ4v) is 1.86. The maximum Gasteiger partial charge on any atom is 0.251 e. The average Bonchev–Trinajstić information content (AvgIpc) is 2.38. The number of carbonyl (C=O) groups excluding carboxylic acids is 1. The van der Waals surface area contributed by atoms with Gasteiger partial charge in [-0.25, -0.2) is 0 Å². The van der Waals surface area contributed by atoms with Gasteiger partial charge in [0, 0.05) is 16.4 Å². The van der Waals surface area contributed by atoms with Crippen LogP contribution in [-0.2, 0) is 0 Å². The summed E-state index contributed by atoms with van der Waals surface area (Å²) in [6.07, 6.45) is 0.869. The fourth-order valence-electron chi connectivity index (χ4n) is 1.33. The molecule has 0 fully saturated rings. The Hall–Kier alpha value is -1.03. The van der Waals surface area contributed by atoms with Gasteiger partial charge in [-0.2, -0.15) is 0 Å². The number of rotatable bonds is 5. The second-order valence-corrected chi connectivity index (χ2v) is 4.79. The summed E-state index contributed by atoms with van der Waals surface area (Å²) in [5.41, 5.74) is 0.394. The van der Waals surface area contributed by atoms with Gasteiger partial charge in [-0.05, 0) is 31.5 Å². The van der Waals surface area contributed by atoms with E-state index < -0.39 is 0 Å². The summed E-state index contributed by atoms with van der Waals surface area (Å²) in [7, 11) is 1.59. The standard InChI is InChI=1S/C13H18BrNO2/c1-4-13(2,9-14)15-12(16)10-6-5-7-11(8-10)17-3/h5-8H,4,9H2,1-3H3,(H,15,16). The molecule has 1 atom stereocenters. The van der Waals surface area contributed by atoms with Crippen molar-refractivity contribution in [2.45, 2.75) is 25.8 Å². The molecule has 0 saturated carbocycles. The number of nitrogens with one attached hydrogen (secondary N) is 1. The summed E-state index contributed by atoms with van der Waals surface area (Å²) in [6, 6.07) is 7.15. The molecule has 1 N–H and O–H groups in total. The molecule has 4 heteroatoms. The quantitative estimate of drug-likeness (QED) is 0.849. The molecule has 0 aliphatic rings. The van der Waals surface area contributed by atoms with Crippen molar-refractivity contribution >= 4 is 21.8 Å². The summed E-state index contributed by atoms with van der Waals surface area (Å²) >= 11 is 3.42. The minimum absolute atomic E-state index is 0.0762. The van der Waals surface area contributed by atoms with Crippen molar-refractivity contribution < 1.29 is 9.53 Å². The van der Waals surface area contributed by atoms with E-state index in [0.717, 1.165) is 11.8 Å². The van der Waals surface area contributed by atoms with Crippen LogP contribution in [0.5, 0.6) is 5.75 Å². The van der Waals surface area contributed by atoms with Crippen LogP contribution in [0.4, 0.5) is 0 Å². The van der Waals surface area contributed by atoms with Gasteiger partial charge in [-0.15, -0.1) is 0 Å². The molecule has 0 heterocycles. The smallest absolute Gasteiger partial charge is 0.251 e. The molecule has 1 aromatic rings. The molecular formula is C13H18BrNO2. The number of hydrogen-bond donors (Lipinski definition) is 1. The van der Waals surface area contributed by atoms with E-state index in [-0.39, 0.29) is 11.4 Å². The lowest BCUT2D eigenvalue weighted by Crippen LogP contribution is -2.46. The molecular weight excluding hydrogens is 282 g/mol. The van der Waals surface area contributed by atoms with Gasteiger partial charge >= 0.3 is 0 Å². The van der Waals surface area contributed by atoms with Gasteiger partial charge in [0.25, 0.3) is 5.91 Å². The molecule has 0 aliphatic heterocycles. The molecule has 1 rings (SSSR count). The van der Waals surface area contributed by atoms with Crippen LogP contribution in [-0.4, -0.2) is 23.9 Å². The maximum absolute atomic E-state index is 12.1. The van der Waals surface area contributed by atoms with E-state index in [9.17, 15) is 4.79 Å². The first-order chi connectivity index (χ1) is 8.04. The molecule has 1 aromatic carbocycles. The fraction of sp³-hybridized carbons (Fsp3) is 0.462. The normalized spacial score (nSPS) is 13.9. The highest BCUT2D eigenvalue weighted by Gasteiger charge is 2.23. The predicted octanol–water partition coefficient (Wildman–Crippen LogP) is 2.99. The van der Waals surface area contributed by atoms with Crippen molar-refractivity contribution in [3.05, 3.63) is 29.8 Å². The SMILES string of the molecule is CCC(C)(CBr)NC(=O)c1cccc(OC)c1. The highest BCUT2D eigenvalue weighted by atomic mass is 79.9. The van der Waals surface area contributed by atoms with Crippen LogP contribution < -0.4 is 10.1 Å². The number of amides is 1. The van der Waals surface area contributed by atoms with Gasteiger partial charge in [0.15, 0.2) is 0 Å². The van der Waals surface area contributed by atoms with Gasteiger partial charge in [-0.1, -0.05) is 28.9 Å². The van der Waals surface area contributed by atoms with Crippen molar-refractivity contribution in [1.82, 2.24) is 5.32 Å². The zero-order valence-corrected chi connectivity index (χ0v) is 12.0. The minimum atomic E-state index is -0.222. The van der Waals surface area contributed by atoms with Crippen LogP contribution in [0.1, 0.15) is 30.6 Å². The average molecular weight is 300 g/mol. The first kappa shape index (κ1) is 14.0. The Kier molecular flexibility index (Phi) is 5.00. The third kappa shape index (κ3) is 3.73. The van der Waals surface area contributed by atoms with E-state index in [1.54, 1.807) is 19.2 Å². The molecule has 0 bridgehead atoms. The van der Waals surface area contributed by atoms with Crippen molar-refractivity contribution in [3.63, 3.8) is 0 Å². The minimum Gasteiger partial charge on any atom is -0.497 e. The molecule has 3 nitrogen and oxygen atoms in total. The molecule has 0 saturated heterocycles. The van der Waals surface area contributed by atoms with E-state index in [2.05, 4.69) is 21.2 Å². The molecule has 0 radical (unpaired) electrons. The van der Waals surface area contributed by atoms with Crippen molar-refractivity contribution in [2.75, 3.05) is 12.4 Å². The number of alkyl halides is 1. The lowest BCUT2D eigenvalue weighted by atomic mass is 10.0. The van der Waals surface area contributed by atoms with Gasteiger partial charge in [0.2, 0.25) is 0 Å². The summed E-state index contributed by atoms with van der Waals surface area (Å²) in [6.45, 7) is 4.06. The Bertz CT molecular complexity index is 389. The van der Waals surface area contributed by atoms with Crippen molar-refractivity contribution in [3.8, 4) is 5.75 Å². The molecule has 1 amide bonds.